The minimum absolute atomic E-state index is 0.0387. The minimum Gasteiger partial charge on any atom is -0.345 e. The van der Waals surface area contributed by atoms with E-state index in [0.717, 1.165) is 10.4 Å². The van der Waals surface area contributed by atoms with E-state index in [2.05, 4.69) is 5.32 Å². The van der Waals surface area contributed by atoms with E-state index in [1.54, 1.807) is 0 Å². The molecule has 2 nitrogen and oxygen atoms in total. The van der Waals surface area contributed by atoms with Gasteiger partial charge in [0, 0.05) is 11.4 Å². The van der Waals surface area contributed by atoms with Crippen LogP contribution in [-0.2, 0) is 0 Å². The lowest BCUT2D eigenvalue weighted by Gasteiger charge is -2.22. The Hall–Kier alpha value is -0.540. The van der Waals surface area contributed by atoms with Crippen LogP contribution in [0, 0.1) is 6.92 Å². The van der Waals surface area contributed by atoms with Crippen LogP contribution in [0.3, 0.4) is 0 Å². The zero-order valence-electron chi connectivity index (χ0n) is 8.56. The quantitative estimate of drug-likeness (QED) is 0.797. The molecule has 4 heteroatoms. The average molecular weight is 232 g/mol. The van der Waals surface area contributed by atoms with E-state index in [-0.39, 0.29) is 11.4 Å². The van der Waals surface area contributed by atoms with E-state index in [1.165, 1.54) is 11.3 Å². The molecule has 0 spiro atoms. The van der Waals surface area contributed by atoms with Crippen LogP contribution in [0.1, 0.15) is 29.1 Å². The second-order valence-corrected chi connectivity index (χ2v) is 5.09. The standard InChI is InChI=1S/C10H14ClNOS/c1-7-4-5-14-8(7)9(13)12-10(2,3)6-11/h4-5H,6H2,1-3H3,(H,12,13). The maximum Gasteiger partial charge on any atom is 0.262 e. The minimum atomic E-state index is -0.352. The van der Waals surface area contributed by atoms with Crippen LogP contribution in [0.5, 0.6) is 0 Å². The second-order valence-electron chi connectivity index (χ2n) is 3.90. The molecule has 0 aromatic carbocycles. The van der Waals surface area contributed by atoms with Gasteiger partial charge in [-0.3, -0.25) is 4.79 Å². The van der Waals surface area contributed by atoms with Gasteiger partial charge in [-0.25, -0.2) is 0 Å². The molecule has 14 heavy (non-hydrogen) atoms. The van der Waals surface area contributed by atoms with E-state index in [9.17, 15) is 4.79 Å². The first-order chi connectivity index (χ1) is 6.46. The molecule has 0 aliphatic carbocycles. The number of thiophene rings is 1. The number of amides is 1. The number of alkyl halides is 1. The lowest BCUT2D eigenvalue weighted by molar-refractivity contribution is 0.0924. The zero-order valence-corrected chi connectivity index (χ0v) is 10.1. The third-order valence-electron chi connectivity index (χ3n) is 1.85. The van der Waals surface area contributed by atoms with Crippen molar-refractivity contribution < 1.29 is 4.79 Å². The smallest absolute Gasteiger partial charge is 0.262 e. The van der Waals surface area contributed by atoms with E-state index in [4.69, 9.17) is 11.6 Å². The van der Waals surface area contributed by atoms with Gasteiger partial charge in [0.2, 0.25) is 0 Å². The van der Waals surface area contributed by atoms with Gasteiger partial charge in [-0.2, -0.15) is 0 Å². The van der Waals surface area contributed by atoms with Gasteiger partial charge >= 0.3 is 0 Å². The highest BCUT2D eigenvalue weighted by atomic mass is 35.5. The normalized spacial score (nSPS) is 11.4. The lowest BCUT2D eigenvalue weighted by atomic mass is 10.1. The van der Waals surface area contributed by atoms with Gasteiger partial charge in [0.25, 0.3) is 5.91 Å². The first kappa shape index (κ1) is 11.5. The predicted molar refractivity (Wildman–Crippen MR) is 61.3 cm³/mol. The summed E-state index contributed by atoms with van der Waals surface area (Å²) >= 11 is 7.18. The largest absolute Gasteiger partial charge is 0.345 e. The Bertz CT molecular complexity index is 333. The summed E-state index contributed by atoms with van der Waals surface area (Å²) < 4.78 is 0. The van der Waals surface area contributed by atoms with Crippen molar-refractivity contribution in [3.63, 3.8) is 0 Å². The van der Waals surface area contributed by atoms with Crippen LogP contribution in [-0.4, -0.2) is 17.3 Å². The molecule has 1 heterocycles. The zero-order chi connectivity index (χ0) is 10.8. The molecule has 1 rings (SSSR count). The van der Waals surface area contributed by atoms with Crippen LogP contribution in [0.4, 0.5) is 0 Å². The van der Waals surface area contributed by atoms with Crippen molar-refractivity contribution >= 4 is 28.8 Å². The number of rotatable bonds is 3. The van der Waals surface area contributed by atoms with Gasteiger partial charge in [-0.15, -0.1) is 22.9 Å². The molecule has 0 aliphatic heterocycles. The highest BCUT2D eigenvalue weighted by molar-refractivity contribution is 7.12. The third-order valence-corrected chi connectivity index (χ3v) is 3.54. The number of carbonyl (C=O) groups excluding carboxylic acids is 1. The first-order valence-corrected chi connectivity index (χ1v) is 5.80. The van der Waals surface area contributed by atoms with Crippen LogP contribution in [0.25, 0.3) is 0 Å². The molecule has 0 unspecified atom stereocenters. The molecular weight excluding hydrogens is 218 g/mol. The number of hydrogen-bond acceptors (Lipinski definition) is 2. The summed E-state index contributed by atoms with van der Waals surface area (Å²) in [5, 5.41) is 4.80. The van der Waals surface area contributed by atoms with Gasteiger partial charge in [0.15, 0.2) is 0 Å². The Morgan fingerprint density at radius 3 is 2.71 bits per heavy atom. The molecule has 1 aromatic heterocycles. The number of aryl methyl sites for hydroxylation is 1. The fourth-order valence-corrected chi connectivity index (χ4v) is 1.89. The third kappa shape index (κ3) is 2.72. The van der Waals surface area contributed by atoms with Gasteiger partial charge in [-0.05, 0) is 37.8 Å². The summed E-state index contributed by atoms with van der Waals surface area (Å²) in [5.41, 5.74) is 0.660. The molecule has 0 bridgehead atoms. The summed E-state index contributed by atoms with van der Waals surface area (Å²) in [4.78, 5) is 12.5. The van der Waals surface area contributed by atoms with Gasteiger partial charge in [0.1, 0.15) is 0 Å². The number of carbonyl (C=O) groups is 1. The molecule has 1 aromatic rings. The van der Waals surface area contributed by atoms with E-state index in [0.29, 0.717) is 5.88 Å². The van der Waals surface area contributed by atoms with Crippen molar-refractivity contribution in [2.45, 2.75) is 26.3 Å². The maximum absolute atomic E-state index is 11.7. The highest BCUT2D eigenvalue weighted by Crippen LogP contribution is 2.16. The monoisotopic (exact) mass is 231 g/mol. The fourth-order valence-electron chi connectivity index (χ4n) is 1.00. The predicted octanol–water partition coefficient (Wildman–Crippen LogP) is 2.80. The molecule has 0 fully saturated rings. The van der Waals surface area contributed by atoms with Crippen molar-refractivity contribution in [2.75, 3.05) is 5.88 Å². The van der Waals surface area contributed by atoms with Crippen molar-refractivity contribution in [1.82, 2.24) is 5.32 Å². The Labute approximate surface area is 93.3 Å². The van der Waals surface area contributed by atoms with Crippen LogP contribution in [0.15, 0.2) is 11.4 Å². The Balaban J connectivity index is 2.73. The Morgan fingerprint density at radius 2 is 2.29 bits per heavy atom. The Kier molecular flexibility index (Phi) is 3.56. The molecule has 78 valence electrons. The van der Waals surface area contributed by atoms with Crippen molar-refractivity contribution in [2.24, 2.45) is 0 Å². The van der Waals surface area contributed by atoms with E-state index < -0.39 is 0 Å². The number of hydrogen-bond donors (Lipinski definition) is 1. The molecule has 1 amide bonds. The molecule has 0 atom stereocenters. The van der Waals surface area contributed by atoms with E-state index >= 15 is 0 Å². The summed E-state index contributed by atoms with van der Waals surface area (Å²) in [6, 6.07) is 1.94. The highest BCUT2D eigenvalue weighted by Gasteiger charge is 2.21. The summed E-state index contributed by atoms with van der Waals surface area (Å²) in [6.45, 7) is 5.74. The topological polar surface area (TPSA) is 29.1 Å². The molecule has 0 radical (unpaired) electrons. The average Bonchev–Trinajstić information content (AvgIpc) is 2.51. The molecular formula is C10H14ClNOS. The summed E-state index contributed by atoms with van der Waals surface area (Å²) in [5.74, 6) is 0.367. The van der Waals surface area contributed by atoms with Crippen molar-refractivity contribution in [1.29, 1.82) is 0 Å². The second kappa shape index (κ2) is 4.32. The maximum atomic E-state index is 11.7. The van der Waals surface area contributed by atoms with Gasteiger partial charge in [-0.1, -0.05) is 0 Å². The molecule has 0 saturated heterocycles. The van der Waals surface area contributed by atoms with Crippen LogP contribution in [0.2, 0.25) is 0 Å². The van der Waals surface area contributed by atoms with Crippen LogP contribution >= 0.6 is 22.9 Å². The molecule has 0 aliphatic rings. The van der Waals surface area contributed by atoms with Crippen molar-refractivity contribution in [3.8, 4) is 0 Å². The Morgan fingerprint density at radius 1 is 1.64 bits per heavy atom. The number of halogens is 1. The van der Waals surface area contributed by atoms with Crippen LogP contribution < -0.4 is 5.32 Å². The molecule has 0 saturated carbocycles. The lowest BCUT2D eigenvalue weighted by Crippen LogP contribution is -2.44. The summed E-state index contributed by atoms with van der Waals surface area (Å²) in [7, 11) is 0. The first-order valence-electron chi connectivity index (χ1n) is 4.39. The van der Waals surface area contributed by atoms with Gasteiger partial charge in [0.05, 0.1) is 4.88 Å². The van der Waals surface area contributed by atoms with Crippen molar-refractivity contribution in [3.05, 3.63) is 21.9 Å². The fraction of sp³-hybridized carbons (Fsp3) is 0.500. The molecule has 1 N–H and O–H groups in total. The number of nitrogens with one attached hydrogen (secondary N) is 1. The van der Waals surface area contributed by atoms with E-state index in [1.807, 2.05) is 32.2 Å². The van der Waals surface area contributed by atoms with Gasteiger partial charge < -0.3 is 5.32 Å². The SMILES string of the molecule is Cc1ccsc1C(=O)NC(C)(C)CCl. The summed E-state index contributed by atoms with van der Waals surface area (Å²) in [6.07, 6.45) is 0.